The summed E-state index contributed by atoms with van der Waals surface area (Å²) >= 11 is 0. The van der Waals surface area contributed by atoms with Crippen LogP contribution in [0.2, 0.25) is 0 Å². The molecule has 0 spiro atoms. The van der Waals surface area contributed by atoms with Crippen molar-refractivity contribution in [1.82, 2.24) is 4.90 Å². The number of piperazine rings is 1. The van der Waals surface area contributed by atoms with Crippen molar-refractivity contribution in [2.75, 3.05) is 37.6 Å². The summed E-state index contributed by atoms with van der Waals surface area (Å²) in [6, 6.07) is 13.8. The lowest BCUT2D eigenvalue weighted by Gasteiger charge is -2.36. The van der Waals surface area contributed by atoms with E-state index in [2.05, 4.69) is 9.80 Å². The van der Waals surface area contributed by atoms with E-state index in [1.165, 1.54) is 12.1 Å². The molecule has 1 unspecified atom stereocenters. The van der Waals surface area contributed by atoms with Crippen molar-refractivity contribution in [2.24, 2.45) is 0 Å². The van der Waals surface area contributed by atoms with Crippen molar-refractivity contribution < 1.29 is 12.8 Å². The molecule has 1 saturated heterocycles. The summed E-state index contributed by atoms with van der Waals surface area (Å²) in [4.78, 5) is 5.10. The number of hydrogen-bond acceptors (Lipinski definition) is 4. The third-order valence-electron chi connectivity index (χ3n) is 5.64. The lowest BCUT2D eigenvalue weighted by molar-refractivity contribution is 0.253. The van der Waals surface area contributed by atoms with E-state index in [0.29, 0.717) is 11.3 Å². The Bertz CT molecular complexity index is 949. The topological polar surface area (TPSA) is 40.6 Å². The predicted octanol–water partition coefficient (Wildman–Crippen LogP) is 3.60. The summed E-state index contributed by atoms with van der Waals surface area (Å²) in [6.45, 7) is 4.58. The van der Waals surface area contributed by atoms with Gasteiger partial charge in [0.05, 0.1) is 10.1 Å². The summed E-state index contributed by atoms with van der Waals surface area (Å²) < 4.78 is 38.7. The van der Waals surface area contributed by atoms with Gasteiger partial charge in [0.2, 0.25) is 0 Å². The van der Waals surface area contributed by atoms with E-state index < -0.39 is 15.1 Å². The molecule has 0 radical (unpaired) electrons. The molecular weight excluding hydrogens is 375 g/mol. The van der Waals surface area contributed by atoms with Gasteiger partial charge in [-0.15, -0.1) is 0 Å². The monoisotopic (exact) mass is 400 g/mol. The van der Waals surface area contributed by atoms with E-state index in [1.807, 2.05) is 36.4 Å². The molecular formula is C22H25FN2O2S. The zero-order chi connectivity index (χ0) is 19.6. The van der Waals surface area contributed by atoms with Gasteiger partial charge in [-0.1, -0.05) is 30.4 Å². The molecule has 2 heterocycles. The molecule has 4 nitrogen and oxygen atoms in total. The minimum absolute atomic E-state index is 0.211. The zero-order valence-electron chi connectivity index (χ0n) is 15.8. The van der Waals surface area contributed by atoms with Crippen molar-refractivity contribution >= 4 is 21.6 Å². The highest BCUT2D eigenvalue weighted by atomic mass is 32.2. The summed E-state index contributed by atoms with van der Waals surface area (Å²) in [5.41, 5.74) is 1.84. The molecule has 28 heavy (non-hydrogen) atoms. The van der Waals surface area contributed by atoms with Crippen LogP contribution in [0.15, 0.2) is 59.5 Å². The van der Waals surface area contributed by atoms with Gasteiger partial charge in [0.25, 0.3) is 0 Å². The maximum atomic E-state index is 13.1. The molecule has 148 valence electrons. The number of halogens is 1. The lowest BCUT2D eigenvalue weighted by Crippen LogP contribution is -2.46. The number of hydrogen-bond donors (Lipinski definition) is 0. The van der Waals surface area contributed by atoms with Crippen LogP contribution in [0.3, 0.4) is 0 Å². The fraction of sp³-hybridized carbons (Fsp3) is 0.364. The van der Waals surface area contributed by atoms with Crippen LogP contribution in [0, 0.1) is 5.82 Å². The van der Waals surface area contributed by atoms with Crippen LogP contribution in [-0.2, 0) is 9.84 Å². The fourth-order valence-electron chi connectivity index (χ4n) is 4.00. The summed E-state index contributed by atoms with van der Waals surface area (Å²) in [7, 11) is -3.28. The van der Waals surface area contributed by atoms with E-state index in [4.69, 9.17) is 0 Å². The van der Waals surface area contributed by atoms with Gasteiger partial charge in [0.15, 0.2) is 9.84 Å². The molecule has 1 atom stereocenters. The van der Waals surface area contributed by atoms with E-state index in [0.717, 1.165) is 50.4 Å². The van der Waals surface area contributed by atoms with E-state index in [1.54, 1.807) is 12.1 Å². The molecule has 2 aromatic rings. The molecule has 1 fully saturated rings. The number of rotatable bonds is 5. The van der Waals surface area contributed by atoms with Gasteiger partial charge in [-0.2, -0.15) is 0 Å². The SMILES string of the molecule is O=S1(=O)c2ccccc2C=CC1CCCN1CCN(c2ccc(F)cc2)CC1. The standard InChI is InChI=1S/C22H25FN2O2S/c23-19-8-10-20(11-9-19)25-16-14-24(15-17-25)13-3-5-21-12-7-18-4-1-2-6-22(18)28(21,26)27/h1-2,4,6-12,21H,3,5,13-17H2. The van der Waals surface area contributed by atoms with Crippen LogP contribution in [0.4, 0.5) is 10.1 Å². The van der Waals surface area contributed by atoms with Crippen molar-refractivity contribution in [2.45, 2.75) is 23.0 Å². The maximum absolute atomic E-state index is 13.1. The first kappa shape index (κ1) is 19.2. The Kier molecular flexibility index (Phi) is 5.51. The molecule has 2 aliphatic heterocycles. The number of anilines is 1. The number of benzene rings is 2. The Balaban J connectivity index is 1.27. The Morgan fingerprint density at radius 2 is 1.68 bits per heavy atom. The number of fused-ring (bicyclic) bond motifs is 1. The van der Waals surface area contributed by atoms with Crippen LogP contribution in [-0.4, -0.2) is 51.3 Å². The van der Waals surface area contributed by atoms with Crippen LogP contribution in [0.1, 0.15) is 18.4 Å². The Labute approximate surface area is 166 Å². The van der Waals surface area contributed by atoms with Crippen LogP contribution in [0.25, 0.3) is 6.08 Å². The summed E-state index contributed by atoms with van der Waals surface area (Å²) in [5.74, 6) is -0.211. The largest absolute Gasteiger partial charge is 0.369 e. The number of nitrogens with zero attached hydrogens (tertiary/aromatic N) is 2. The average molecular weight is 401 g/mol. The lowest BCUT2D eigenvalue weighted by atomic mass is 10.1. The van der Waals surface area contributed by atoms with E-state index in [-0.39, 0.29) is 5.82 Å². The molecule has 0 amide bonds. The van der Waals surface area contributed by atoms with Crippen LogP contribution in [0.5, 0.6) is 0 Å². The summed E-state index contributed by atoms with van der Waals surface area (Å²) in [5, 5.41) is -0.428. The van der Waals surface area contributed by atoms with Crippen LogP contribution >= 0.6 is 0 Å². The van der Waals surface area contributed by atoms with Gasteiger partial charge in [-0.3, -0.25) is 4.90 Å². The zero-order valence-corrected chi connectivity index (χ0v) is 16.6. The second kappa shape index (κ2) is 8.05. The molecule has 0 bridgehead atoms. The first-order chi connectivity index (χ1) is 13.5. The van der Waals surface area contributed by atoms with Gasteiger partial charge < -0.3 is 4.90 Å². The van der Waals surface area contributed by atoms with E-state index >= 15 is 0 Å². The highest BCUT2D eigenvalue weighted by Gasteiger charge is 2.30. The molecule has 0 aromatic heterocycles. The third kappa shape index (κ3) is 3.98. The number of sulfone groups is 1. The Morgan fingerprint density at radius 3 is 2.43 bits per heavy atom. The normalized spacial score (nSPS) is 21.5. The van der Waals surface area contributed by atoms with Crippen molar-refractivity contribution in [3.05, 3.63) is 66.0 Å². The Morgan fingerprint density at radius 1 is 0.964 bits per heavy atom. The van der Waals surface area contributed by atoms with Crippen molar-refractivity contribution in [3.63, 3.8) is 0 Å². The maximum Gasteiger partial charge on any atom is 0.185 e. The highest BCUT2D eigenvalue weighted by molar-refractivity contribution is 7.92. The molecule has 4 rings (SSSR count). The molecule has 0 N–H and O–H groups in total. The smallest absolute Gasteiger partial charge is 0.185 e. The molecule has 0 saturated carbocycles. The highest BCUT2D eigenvalue weighted by Crippen LogP contribution is 2.29. The average Bonchev–Trinajstić information content (AvgIpc) is 2.71. The second-order valence-corrected chi connectivity index (χ2v) is 9.56. The van der Waals surface area contributed by atoms with Crippen LogP contribution < -0.4 is 4.90 Å². The molecule has 0 aliphatic carbocycles. The van der Waals surface area contributed by atoms with Gasteiger partial charge in [0.1, 0.15) is 5.82 Å². The van der Waals surface area contributed by atoms with Gasteiger partial charge in [-0.25, -0.2) is 12.8 Å². The van der Waals surface area contributed by atoms with Crippen molar-refractivity contribution in [1.29, 1.82) is 0 Å². The van der Waals surface area contributed by atoms with Gasteiger partial charge in [0, 0.05) is 31.9 Å². The predicted molar refractivity (Wildman–Crippen MR) is 111 cm³/mol. The molecule has 6 heteroatoms. The van der Waals surface area contributed by atoms with Gasteiger partial charge in [-0.05, 0) is 55.3 Å². The molecule has 2 aliphatic rings. The third-order valence-corrected chi connectivity index (χ3v) is 7.82. The second-order valence-electron chi connectivity index (χ2n) is 7.43. The van der Waals surface area contributed by atoms with Gasteiger partial charge >= 0.3 is 0 Å². The molecule has 2 aromatic carbocycles. The van der Waals surface area contributed by atoms with Crippen molar-refractivity contribution in [3.8, 4) is 0 Å². The minimum atomic E-state index is -3.28. The quantitative estimate of drug-likeness (QED) is 0.769. The summed E-state index contributed by atoms with van der Waals surface area (Å²) in [6.07, 6.45) is 5.27. The minimum Gasteiger partial charge on any atom is -0.369 e. The first-order valence-electron chi connectivity index (χ1n) is 9.78. The first-order valence-corrected chi connectivity index (χ1v) is 11.3. The fourth-order valence-corrected chi connectivity index (χ4v) is 5.83. The van der Waals surface area contributed by atoms with E-state index in [9.17, 15) is 12.8 Å². The Hall–Kier alpha value is -2.18.